The monoisotopic (exact) mass is 277 g/mol. The molecule has 0 saturated carbocycles. The minimum atomic E-state index is 0.249. The number of hydrogen-bond donors (Lipinski definition) is 1. The first-order valence-electron chi connectivity index (χ1n) is 7.18. The zero-order valence-corrected chi connectivity index (χ0v) is 12.6. The van der Waals surface area contributed by atoms with Crippen LogP contribution in [-0.2, 0) is 0 Å². The minimum Gasteiger partial charge on any atom is -0.378 e. The van der Waals surface area contributed by atoms with E-state index in [4.69, 9.17) is 0 Å². The summed E-state index contributed by atoms with van der Waals surface area (Å²) in [5, 5.41) is 3.53. The van der Waals surface area contributed by atoms with Gasteiger partial charge in [0, 0.05) is 24.1 Å². The van der Waals surface area contributed by atoms with Gasteiger partial charge < -0.3 is 5.32 Å². The number of rotatable bonds is 3. The predicted molar refractivity (Wildman–Crippen MR) is 87.5 cm³/mol. The van der Waals surface area contributed by atoms with Crippen LogP contribution in [0.2, 0.25) is 0 Å². The third-order valence-electron chi connectivity index (χ3n) is 3.88. The van der Waals surface area contributed by atoms with Gasteiger partial charge in [0.15, 0.2) is 0 Å². The fourth-order valence-corrected chi connectivity index (χ4v) is 2.42. The van der Waals surface area contributed by atoms with Gasteiger partial charge in [-0.25, -0.2) is 0 Å². The number of aromatic nitrogens is 2. The molecule has 1 unspecified atom stereocenters. The molecule has 1 atom stereocenters. The number of nitrogens with one attached hydrogen (secondary N) is 1. The van der Waals surface area contributed by atoms with Crippen LogP contribution in [0.1, 0.15) is 29.7 Å². The Morgan fingerprint density at radius 2 is 1.62 bits per heavy atom. The van der Waals surface area contributed by atoms with Crippen molar-refractivity contribution >= 4 is 16.7 Å². The number of benzene rings is 2. The molecule has 1 aromatic heterocycles. The van der Waals surface area contributed by atoms with E-state index in [-0.39, 0.29) is 6.04 Å². The average Bonchev–Trinajstić information content (AvgIpc) is 2.50. The molecule has 3 rings (SSSR count). The van der Waals surface area contributed by atoms with Gasteiger partial charge in [0.2, 0.25) is 0 Å². The van der Waals surface area contributed by atoms with E-state index < -0.39 is 0 Å². The highest BCUT2D eigenvalue weighted by molar-refractivity contribution is 5.78. The lowest BCUT2D eigenvalue weighted by atomic mass is 10.0. The highest BCUT2D eigenvalue weighted by Crippen LogP contribution is 2.23. The Bertz CT molecular complexity index is 780. The SMILES string of the molecule is Cc1ccc(C(C)Nc2ccc3nccnc3c2)cc1C. The van der Waals surface area contributed by atoms with Crippen LogP contribution in [0, 0.1) is 13.8 Å². The molecule has 0 bridgehead atoms. The Morgan fingerprint density at radius 3 is 2.38 bits per heavy atom. The Labute approximate surface area is 125 Å². The predicted octanol–water partition coefficient (Wildman–Crippen LogP) is 4.42. The second kappa shape index (κ2) is 5.52. The van der Waals surface area contributed by atoms with E-state index in [1.165, 1.54) is 16.7 Å². The van der Waals surface area contributed by atoms with E-state index in [1.54, 1.807) is 12.4 Å². The third kappa shape index (κ3) is 2.87. The van der Waals surface area contributed by atoms with Crippen LogP contribution in [-0.4, -0.2) is 9.97 Å². The highest BCUT2D eigenvalue weighted by atomic mass is 14.9. The summed E-state index contributed by atoms with van der Waals surface area (Å²) in [7, 11) is 0. The van der Waals surface area contributed by atoms with E-state index >= 15 is 0 Å². The molecular weight excluding hydrogens is 258 g/mol. The standard InChI is InChI=1S/C18H19N3/c1-12-4-5-15(10-13(12)2)14(3)21-16-6-7-17-18(11-16)20-9-8-19-17/h4-11,14,21H,1-3H3. The van der Waals surface area contributed by atoms with Crippen molar-refractivity contribution in [1.29, 1.82) is 0 Å². The number of nitrogens with zero attached hydrogens (tertiary/aromatic N) is 2. The maximum atomic E-state index is 4.35. The normalized spacial score (nSPS) is 12.3. The van der Waals surface area contributed by atoms with E-state index in [1.807, 2.05) is 12.1 Å². The summed E-state index contributed by atoms with van der Waals surface area (Å²) in [5.41, 5.74) is 6.83. The lowest BCUT2D eigenvalue weighted by Gasteiger charge is -2.17. The Morgan fingerprint density at radius 1 is 0.857 bits per heavy atom. The summed E-state index contributed by atoms with van der Waals surface area (Å²) >= 11 is 0. The summed E-state index contributed by atoms with van der Waals surface area (Å²) < 4.78 is 0. The molecule has 0 aliphatic rings. The molecular formula is C18H19N3. The molecule has 3 aromatic rings. The highest BCUT2D eigenvalue weighted by Gasteiger charge is 2.07. The molecule has 3 heteroatoms. The van der Waals surface area contributed by atoms with Crippen LogP contribution >= 0.6 is 0 Å². The van der Waals surface area contributed by atoms with Gasteiger partial charge in [0.1, 0.15) is 0 Å². The van der Waals surface area contributed by atoms with Crippen LogP contribution < -0.4 is 5.32 Å². The van der Waals surface area contributed by atoms with Crippen molar-refractivity contribution < 1.29 is 0 Å². The van der Waals surface area contributed by atoms with E-state index in [9.17, 15) is 0 Å². The Kier molecular flexibility index (Phi) is 3.57. The molecule has 2 aromatic carbocycles. The van der Waals surface area contributed by atoms with Crippen molar-refractivity contribution in [2.24, 2.45) is 0 Å². The molecule has 106 valence electrons. The summed E-state index contributed by atoms with van der Waals surface area (Å²) in [4.78, 5) is 8.64. The first kappa shape index (κ1) is 13.6. The molecule has 0 aliphatic carbocycles. The molecule has 0 fully saturated rings. The van der Waals surface area contributed by atoms with Gasteiger partial charge in [-0.2, -0.15) is 0 Å². The topological polar surface area (TPSA) is 37.8 Å². The quantitative estimate of drug-likeness (QED) is 0.770. The molecule has 0 saturated heterocycles. The number of hydrogen-bond acceptors (Lipinski definition) is 3. The maximum absolute atomic E-state index is 4.35. The van der Waals surface area contributed by atoms with Crippen molar-refractivity contribution in [3.8, 4) is 0 Å². The molecule has 21 heavy (non-hydrogen) atoms. The van der Waals surface area contributed by atoms with Crippen molar-refractivity contribution in [2.75, 3.05) is 5.32 Å². The van der Waals surface area contributed by atoms with Crippen LogP contribution in [0.5, 0.6) is 0 Å². The van der Waals surface area contributed by atoms with E-state index in [0.717, 1.165) is 16.7 Å². The summed E-state index contributed by atoms with van der Waals surface area (Å²) in [5.74, 6) is 0. The van der Waals surface area contributed by atoms with Crippen LogP contribution in [0.15, 0.2) is 48.8 Å². The molecule has 3 nitrogen and oxygen atoms in total. The van der Waals surface area contributed by atoms with Gasteiger partial charge in [0.25, 0.3) is 0 Å². The first-order valence-corrected chi connectivity index (χ1v) is 7.18. The summed E-state index contributed by atoms with van der Waals surface area (Å²) in [6, 6.07) is 12.9. The van der Waals surface area contributed by atoms with Gasteiger partial charge in [-0.05, 0) is 55.7 Å². The van der Waals surface area contributed by atoms with Gasteiger partial charge in [-0.1, -0.05) is 18.2 Å². The first-order chi connectivity index (χ1) is 10.1. The maximum Gasteiger partial charge on any atom is 0.0907 e. The Hall–Kier alpha value is -2.42. The van der Waals surface area contributed by atoms with E-state index in [2.05, 4.69) is 60.3 Å². The minimum absolute atomic E-state index is 0.249. The smallest absolute Gasteiger partial charge is 0.0907 e. The molecule has 1 N–H and O–H groups in total. The van der Waals surface area contributed by atoms with Crippen LogP contribution in [0.3, 0.4) is 0 Å². The fraction of sp³-hybridized carbons (Fsp3) is 0.222. The Balaban J connectivity index is 1.85. The zero-order chi connectivity index (χ0) is 14.8. The van der Waals surface area contributed by atoms with Gasteiger partial charge in [-0.3, -0.25) is 9.97 Å². The molecule has 0 radical (unpaired) electrons. The molecule has 0 spiro atoms. The van der Waals surface area contributed by atoms with Crippen molar-refractivity contribution in [3.63, 3.8) is 0 Å². The molecule has 0 amide bonds. The number of anilines is 1. The largest absolute Gasteiger partial charge is 0.378 e. The lowest BCUT2D eigenvalue weighted by molar-refractivity contribution is 0.882. The van der Waals surface area contributed by atoms with Gasteiger partial charge >= 0.3 is 0 Å². The summed E-state index contributed by atoms with van der Waals surface area (Å²) in [6.45, 7) is 6.46. The lowest BCUT2D eigenvalue weighted by Crippen LogP contribution is -2.07. The van der Waals surface area contributed by atoms with E-state index in [0.29, 0.717) is 0 Å². The van der Waals surface area contributed by atoms with Gasteiger partial charge in [0.05, 0.1) is 11.0 Å². The van der Waals surface area contributed by atoms with Crippen molar-refractivity contribution in [1.82, 2.24) is 9.97 Å². The number of fused-ring (bicyclic) bond motifs is 1. The number of aryl methyl sites for hydroxylation is 2. The zero-order valence-electron chi connectivity index (χ0n) is 12.6. The molecule has 0 aliphatic heterocycles. The van der Waals surface area contributed by atoms with Gasteiger partial charge in [-0.15, -0.1) is 0 Å². The van der Waals surface area contributed by atoms with Crippen LogP contribution in [0.25, 0.3) is 11.0 Å². The average molecular weight is 277 g/mol. The van der Waals surface area contributed by atoms with Crippen LogP contribution in [0.4, 0.5) is 5.69 Å². The van der Waals surface area contributed by atoms with Crippen molar-refractivity contribution in [2.45, 2.75) is 26.8 Å². The fourth-order valence-electron chi connectivity index (χ4n) is 2.42. The molecule has 1 heterocycles. The summed E-state index contributed by atoms with van der Waals surface area (Å²) in [6.07, 6.45) is 3.44. The van der Waals surface area contributed by atoms with Crippen molar-refractivity contribution in [3.05, 3.63) is 65.5 Å². The second-order valence-corrected chi connectivity index (χ2v) is 5.47. The second-order valence-electron chi connectivity index (χ2n) is 5.47. The third-order valence-corrected chi connectivity index (χ3v) is 3.88.